The molecule has 0 aromatic carbocycles. The minimum absolute atomic E-state index is 0.273. The van der Waals surface area contributed by atoms with Gasteiger partial charge in [0.1, 0.15) is 17.0 Å². The number of hydrogen-bond donors (Lipinski definition) is 1. The van der Waals surface area contributed by atoms with Crippen molar-refractivity contribution in [2.45, 2.75) is 39.2 Å². The molecule has 3 heterocycles. The van der Waals surface area contributed by atoms with Gasteiger partial charge in [0.05, 0.1) is 11.8 Å². The van der Waals surface area contributed by atoms with Crippen LogP contribution in [0.25, 0.3) is 11.1 Å². The van der Waals surface area contributed by atoms with Crippen LogP contribution in [0.4, 0.5) is 5.82 Å². The molecule has 1 fully saturated rings. The van der Waals surface area contributed by atoms with Gasteiger partial charge < -0.3 is 14.6 Å². The van der Waals surface area contributed by atoms with Crippen LogP contribution in [0.5, 0.6) is 0 Å². The second kappa shape index (κ2) is 5.13. The van der Waals surface area contributed by atoms with Crippen molar-refractivity contribution < 1.29 is 9.26 Å². The Hall–Kier alpha value is -1.69. The van der Waals surface area contributed by atoms with E-state index in [1.54, 1.807) is 0 Å². The molecule has 1 N–H and O–H groups in total. The third-order valence-corrected chi connectivity index (χ3v) is 3.37. The second-order valence-electron chi connectivity index (χ2n) is 4.80. The minimum Gasteiger partial charge on any atom is -0.376 e. The zero-order valence-electron chi connectivity index (χ0n) is 11.3. The van der Waals surface area contributed by atoms with Gasteiger partial charge in [-0.3, -0.25) is 0 Å². The fourth-order valence-corrected chi connectivity index (χ4v) is 2.40. The first kappa shape index (κ1) is 12.3. The van der Waals surface area contributed by atoms with Gasteiger partial charge in [-0.1, -0.05) is 12.1 Å². The summed E-state index contributed by atoms with van der Waals surface area (Å²) in [6.45, 7) is 5.52. The van der Waals surface area contributed by atoms with E-state index in [1.165, 1.54) is 0 Å². The molecule has 3 rings (SSSR count). The molecule has 19 heavy (non-hydrogen) atoms. The highest BCUT2D eigenvalue weighted by molar-refractivity contribution is 5.87. The lowest BCUT2D eigenvalue weighted by atomic mass is 10.2. The van der Waals surface area contributed by atoms with Gasteiger partial charge in [-0.15, -0.1) is 0 Å². The van der Waals surface area contributed by atoms with E-state index in [0.29, 0.717) is 11.5 Å². The third-order valence-electron chi connectivity index (χ3n) is 3.37. The van der Waals surface area contributed by atoms with Crippen molar-refractivity contribution in [3.8, 4) is 0 Å². The minimum atomic E-state index is 0.273. The van der Waals surface area contributed by atoms with E-state index in [2.05, 4.69) is 20.4 Å². The predicted molar refractivity (Wildman–Crippen MR) is 71.2 cm³/mol. The van der Waals surface area contributed by atoms with Gasteiger partial charge in [-0.25, -0.2) is 4.98 Å². The van der Waals surface area contributed by atoms with Crippen LogP contribution < -0.4 is 5.32 Å². The van der Waals surface area contributed by atoms with Crippen molar-refractivity contribution in [3.63, 3.8) is 0 Å². The van der Waals surface area contributed by atoms with E-state index in [0.717, 1.165) is 49.3 Å². The number of fused-ring (bicyclic) bond motifs is 1. The Morgan fingerprint density at radius 2 is 2.26 bits per heavy atom. The summed E-state index contributed by atoms with van der Waals surface area (Å²) in [5, 5.41) is 8.30. The zero-order chi connectivity index (χ0) is 13.2. The second-order valence-corrected chi connectivity index (χ2v) is 4.80. The number of anilines is 1. The highest BCUT2D eigenvalue weighted by atomic mass is 16.5. The molecule has 2 aromatic rings. The van der Waals surface area contributed by atoms with Crippen molar-refractivity contribution in [3.05, 3.63) is 11.5 Å². The maximum absolute atomic E-state index is 5.61. The van der Waals surface area contributed by atoms with E-state index in [4.69, 9.17) is 9.26 Å². The lowest BCUT2D eigenvalue weighted by Gasteiger charge is -2.12. The molecule has 6 heteroatoms. The molecule has 1 aliphatic rings. The molecule has 0 spiro atoms. The Morgan fingerprint density at radius 1 is 1.37 bits per heavy atom. The van der Waals surface area contributed by atoms with Gasteiger partial charge in [0.2, 0.25) is 0 Å². The largest absolute Gasteiger partial charge is 0.376 e. The number of hydrogen-bond acceptors (Lipinski definition) is 6. The molecular formula is C13H18N4O2. The van der Waals surface area contributed by atoms with Crippen LogP contribution >= 0.6 is 0 Å². The molecule has 1 saturated heterocycles. The zero-order valence-corrected chi connectivity index (χ0v) is 11.3. The highest BCUT2D eigenvalue weighted by Gasteiger charge is 2.18. The number of ether oxygens (including phenoxy) is 1. The van der Waals surface area contributed by atoms with Gasteiger partial charge in [-0.05, 0) is 26.2 Å². The Balaban J connectivity index is 1.89. The Morgan fingerprint density at radius 3 is 3.00 bits per heavy atom. The van der Waals surface area contributed by atoms with E-state index in [1.807, 2.05) is 13.8 Å². The molecule has 0 saturated carbocycles. The fourth-order valence-electron chi connectivity index (χ4n) is 2.40. The number of aromatic nitrogens is 3. The van der Waals surface area contributed by atoms with E-state index < -0.39 is 0 Å². The quantitative estimate of drug-likeness (QED) is 0.909. The van der Waals surface area contributed by atoms with Crippen molar-refractivity contribution >= 4 is 16.9 Å². The molecule has 0 aliphatic carbocycles. The Kier molecular flexibility index (Phi) is 3.33. The first-order valence-corrected chi connectivity index (χ1v) is 6.76. The van der Waals surface area contributed by atoms with Crippen LogP contribution in [0.3, 0.4) is 0 Å². The molecule has 0 unspecified atom stereocenters. The van der Waals surface area contributed by atoms with Crippen LogP contribution in [0.2, 0.25) is 0 Å². The van der Waals surface area contributed by atoms with Gasteiger partial charge in [0, 0.05) is 13.2 Å². The first-order valence-electron chi connectivity index (χ1n) is 6.76. The van der Waals surface area contributed by atoms with Crippen molar-refractivity contribution in [2.75, 3.05) is 18.5 Å². The van der Waals surface area contributed by atoms with E-state index in [9.17, 15) is 0 Å². The molecule has 0 bridgehead atoms. The van der Waals surface area contributed by atoms with Gasteiger partial charge in [0.25, 0.3) is 5.71 Å². The summed E-state index contributed by atoms with van der Waals surface area (Å²) in [6, 6.07) is 0. The van der Waals surface area contributed by atoms with Crippen LogP contribution in [0, 0.1) is 6.92 Å². The van der Waals surface area contributed by atoms with Crippen LogP contribution in [-0.4, -0.2) is 34.4 Å². The van der Waals surface area contributed by atoms with Gasteiger partial charge >= 0.3 is 0 Å². The average Bonchev–Trinajstić information content (AvgIpc) is 3.04. The first-order chi connectivity index (χ1) is 9.28. The molecular weight excluding hydrogens is 244 g/mol. The SMILES string of the molecule is CCc1noc2nc(C)nc(NC[C@H]3CCCO3)c12. The van der Waals surface area contributed by atoms with Gasteiger partial charge in [-0.2, -0.15) is 4.98 Å². The maximum atomic E-state index is 5.61. The number of nitrogens with zero attached hydrogens (tertiary/aromatic N) is 3. The molecule has 6 nitrogen and oxygen atoms in total. The molecule has 0 amide bonds. The van der Waals surface area contributed by atoms with Crippen LogP contribution in [-0.2, 0) is 11.2 Å². The fraction of sp³-hybridized carbons (Fsp3) is 0.615. The Bertz CT molecular complexity index is 575. The number of aryl methyl sites for hydroxylation is 2. The smallest absolute Gasteiger partial charge is 0.263 e. The monoisotopic (exact) mass is 262 g/mol. The standard InChI is InChI=1S/C13H18N4O2/c1-3-10-11-12(14-7-9-5-4-6-18-9)15-8(2)16-13(11)19-17-10/h9H,3-7H2,1-2H3,(H,14,15,16)/t9-/m1/s1. The normalized spacial score (nSPS) is 19.2. The number of rotatable bonds is 4. The highest BCUT2D eigenvalue weighted by Crippen LogP contribution is 2.25. The third kappa shape index (κ3) is 2.40. The van der Waals surface area contributed by atoms with Crippen LogP contribution in [0.1, 0.15) is 31.3 Å². The predicted octanol–water partition coefficient (Wildman–Crippen LogP) is 2.08. The van der Waals surface area contributed by atoms with Crippen molar-refractivity contribution in [1.82, 2.24) is 15.1 Å². The van der Waals surface area contributed by atoms with Crippen LogP contribution in [0.15, 0.2) is 4.52 Å². The van der Waals surface area contributed by atoms with E-state index in [-0.39, 0.29) is 6.10 Å². The molecule has 1 aliphatic heterocycles. The maximum Gasteiger partial charge on any atom is 0.263 e. The molecule has 1 atom stereocenters. The number of nitrogens with one attached hydrogen (secondary N) is 1. The average molecular weight is 262 g/mol. The van der Waals surface area contributed by atoms with E-state index >= 15 is 0 Å². The summed E-state index contributed by atoms with van der Waals surface area (Å²) in [7, 11) is 0. The Labute approximate surface area is 111 Å². The summed E-state index contributed by atoms with van der Waals surface area (Å²) in [6.07, 6.45) is 3.31. The summed E-state index contributed by atoms with van der Waals surface area (Å²) in [5.41, 5.74) is 1.45. The van der Waals surface area contributed by atoms with Crippen molar-refractivity contribution in [2.24, 2.45) is 0 Å². The molecule has 2 aromatic heterocycles. The van der Waals surface area contributed by atoms with Gasteiger partial charge in [0.15, 0.2) is 0 Å². The molecule has 102 valence electrons. The molecule has 0 radical (unpaired) electrons. The topological polar surface area (TPSA) is 73.1 Å². The van der Waals surface area contributed by atoms with Crippen molar-refractivity contribution in [1.29, 1.82) is 0 Å². The summed E-state index contributed by atoms with van der Waals surface area (Å²) in [5.74, 6) is 1.48. The lowest BCUT2D eigenvalue weighted by molar-refractivity contribution is 0.120. The summed E-state index contributed by atoms with van der Waals surface area (Å²) in [4.78, 5) is 8.74. The summed E-state index contributed by atoms with van der Waals surface area (Å²) >= 11 is 0. The summed E-state index contributed by atoms with van der Waals surface area (Å²) < 4.78 is 10.9. The lowest BCUT2D eigenvalue weighted by Crippen LogP contribution is -2.19.